The standard InChI is InChI=1S/C12H10ClN5/c1-15-12-16-5-4-11(18-12)17-10-6-9(13)3-2-8(10)7-14/h2-6H,1H3,(H2,15,16,17,18). The molecule has 5 nitrogen and oxygen atoms in total. The van der Waals surface area contributed by atoms with Crippen molar-refractivity contribution in [1.82, 2.24) is 9.97 Å². The largest absolute Gasteiger partial charge is 0.357 e. The monoisotopic (exact) mass is 259 g/mol. The van der Waals surface area contributed by atoms with Crippen molar-refractivity contribution in [2.75, 3.05) is 17.7 Å². The summed E-state index contributed by atoms with van der Waals surface area (Å²) in [6.45, 7) is 0. The second kappa shape index (κ2) is 5.34. The summed E-state index contributed by atoms with van der Waals surface area (Å²) < 4.78 is 0. The van der Waals surface area contributed by atoms with Gasteiger partial charge in [-0.25, -0.2) is 4.98 Å². The Hall–Kier alpha value is -2.32. The molecule has 90 valence electrons. The Kier molecular flexibility index (Phi) is 3.60. The van der Waals surface area contributed by atoms with Gasteiger partial charge in [0.2, 0.25) is 5.95 Å². The van der Waals surface area contributed by atoms with Gasteiger partial charge in [-0.3, -0.25) is 0 Å². The minimum absolute atomic E-state index is 0.500. The van der Waals surface area contributed by atoms with Crippen molar-refractivity contribution in [3.8, 4) is 6.07 Å². The second-order valence-electron chi connectivity index (χ2n) is 3.44. The number of benzene rings is 1. The first kappa shape index (κ1) is 12.1. The topological polar surface area (TPSA) is 73.6 Å². The lowest BCUT2D eigenvalue weighted by molar-refractivity contribution is 1.15. The van der Waals surface area contributed by atoms with Crippen LogP contribution >= 0.6 is 11.6 Å². The summed E-state index contributed by atoms with van der Waals surface area (Å²) in [4.78, 5) is 8.21. The fourth-order valence-corrected chi connectivity index (χ4v) is 1.58. The average Bonchev–Trinajstić information content (AvgIpc) is 2.39. The van der Waals surface area contributed by atoms with Crippen LogP contribution in [0.2, 0.25) is 5.02 Å². The third kappa shape index (κ3) is 2.67. The molecule has 0 fully saturated rings. The molecular weight excluding hydrogens is 250 g/mol. The molecule has 0 aliphatic carbocycles. The first-order valence-corrected chi connectivity index (χ1v) is 5.58. The zero-order chi connectivity index (χ0) is 13.0. The zero-order valence-electron chi connectivity index (χ0n) is 9.61. The van der Waals surface area contributed by atoms with Gasteiger partial charge in [0.1, 0.15) is 11.9 Å². The number of anilines is 3. The molecule has 2 rings (SSSR count). The zero-order valence-corrected chi connectivity index (χ0v) is 10.4. The predicted octanol–water partition coefficient (Wildman–Crippen LogP) is 2.79. The van der Waals surface area contributed by atoms with Crippen LogP contribution in [0.3, 0.4) is 0 Å². The summed E-state index contributed by atoms with van der Waals surface area (Å²) in [7, 11) is 1.74. The number of nitrogens with zero attached hydrogens (tertiary/aromatic N) is 3. The van der Waals surface area contributed by atoms with Crippen LogP contribution in [0.4, 0.5) is 17.5 Å². The maximum atomic E-state index is 9.01. The Morgan fingerprint density at radius 1 is 1.33 bits per heavy atom. The van der Waals surface area contributed by atoms with Crippen LogP contribution < -0.4 is 10.6 Å². The fraction of sp³-hybridized carbons (Fsp3) is 0.0833. The maximum Gasteiger partial charge on any atom is 0.224 e. The van der Waals surface area contributed by atoms with Crippen molar-refractivity contribution in [1.29, 1.82) is 5.26 Å². The van der Waals surface area contributed by atoms with Crippen molar-refractivity contribution in [3.05, 3.63) is 41.0 Å². The molecule has 0 aliphatic rings. The Morgan fingerprint density at radius 2 is 2.17 bits per heavy atom. The number of halogens is 1. The first-order valence-electron chi connectivity index (χ1n) is 5.20. The molecule has 2 N–H and O–H groups in total. The quantitative estimate of drug-likeness (QED) is 0.887. The Morgan fingerprint density at radius 3 is 2.89 bits per heavy atom. The van der Waals surface area contributed by atoms with Crippen molar-refractivity contribution in [3.63, 3.8) is 0 Å². The molecule has 0 saturated carbocycles. The van der Waals surface area contributed by atoms with Crippen molar-refractivity contribution in [2.45, 2.75) is 0 Å². The summed E-state index contributed by atoms with van der Waals surface area (Å²) in [5.74, 6) is 1.09. The Balaban J connectivity index is 2.33. The molecule has 6 heteroatoms. The predicted molar refractivity (Wildman–Crippen MR) is 71.0 cm³/mol. The minimum Gasteiger partial charge on any atom is -0.357 e. The SMILES string of the molecule is CNc1nccc(Nc2cc(Cl)ccc2C#N)n1. The van der Waals surface area contributed by atoms with Gasteiger partial charge in [-0.1, -0.05) is 11.6 Å². The van der Waals surface area contributed by atoms with E-state index in [1.165, 1.54) is 0 Å². The van der Waals surface area contributed by atoms with Crippen LogP contribution in [0.15, 0.2) is 30.5 Å². The molecule has 2 aromatic rings. The van der Waals surface area contributed by atoms with E-state index in [-0.39, 0.29) is 0 Å². The van der Waals surface area contributed by atoms with Crippen LogP contribution in [0, 0.1) is 11.3 Å². The third-order valence-corrected chi connectivity index (χ3v) is 2.48. The summed E-state index contributed by atoms with van der Waals surface area (Å²) in [6, 6.07) is 8.81. The molecule has 18 heavy (non-hydrogen) atoms. The molecule has 0 saturated heterocycles. The van der Waals surface area contributed by atoms with E-state index in [9.17, 15) is 0 Å². The second-order valence-corrected chi connectivity index (χ2v) is 3.88. The van der Waals surface area contributed by atoms with Gasteiger partial charge in [0.05, 0.1) is 11.3 Å². The van der Waals surface area contributed by atoms with E-state index in [1.807, 2.05) is 0 Å². The molecule has 1 aromatic carbocycles. The Labute approximate surface area is 109 Å². The van der Waals surface area contributed by atoms with Crippen molar-refractivity contribution >= 4 is 29.1 Å². The lowest BCUT2D eigenvalue weighted by Crippen LogP contribution is -2.00. The fourth-order valence-electron chi connectivity index (χ4n) is 1.40. The van der Waals surface area contributed by atoms with Gasteiger partial charge in [-0.2, -0.15) is 10.2 Å². The highest BCUT2D eigenvalue weighted by Gasteiger charge is 2.04. The molecule has 0 radical (unpaired) electrons. The first-order chi connectivity index (χ1) is 8.72. The highest BCUT2D eigenvalue weighted by molar-refractivity contribution is 6.30. The van der Waals surface area contributed by atoms with Gasteiger partial charge in [-0.05, 0) is 24.3 Å². The smallest absolute Gasteiger partial charge is 0.224 e. The van der Waals surface area contributed by atoms with E-state index in [2.05, 4.69) is 26.7 Å². The molecular formula is C12H10ClN5. The van der Waals surface area contributed by atoms with E-state index in [0.717, 1.165) is 0 Å². The molecule has 0 spiro atoms. The number of nitriles is 1. The third-order valence-electron chi connectivity index (χ3n) is 2.24. The number of hydrogen-bond donors (Lipinski definition) is 2. The Bertz CT molecular complexity index is 606. The molecule has 0 amide bonds. The molecule has 0 bridgehead atoms. The maximum absolute atomic E-state index is 9.01. The molecule has 0 aliphatic heterocycles. The van der Waals surface area contributed by atoms with Crippen LogP contribution in [-0.2, 0) is 0 Å². The van der Waals surface area contributed by atoms with Crippen LogP contribution in [0.5, 0.6) is 0 Å². The summed E-state index contributed by atoms with van der Waals surface area (Å²) in [6.07, 6.45) is 1.62. The lowest BCUT2D eigenvalue weighted by atomic mass is 10.2. The van der Waals surface area contributed by atoms with Gasteiger partial charge in [-0.15, -0.1) is 0 Å². The van der Waals surface area contributed by atoms with Gasteiger partial charge >= 0.3 is 0 Å². The van der Waals surface area contributed by atoms with E-state index < -0.39 is 0 Å². The van der Waals surface area contributed by atoms with Crippen molar-refractivity contribution in [2.24, 2.45) is 0 Å². The number of aromatic nitrogens is 2. The van der Waals surface area contributed by atoms with E-state index in [1.54, 1.807) is 37.5 Å². The number of nitrogens with one attached hydrogen (secondary N) is 2. The van der Waals surface area contributed by atoms with Crippen molar-refractivity contribution < 1.29 is 0 Å². The van der Waals surface area contributed by atoms with Gasteiger partial charge in [0.15, 0.2) is 0 Å². The van der Waals surface area contributed by atoms with Gasteiger partial charge < -0.3 is 10.6 Å². The van der Waals surface area contributed by atoms with Crippen LogP contribution in [0.1, 0.15) is 5.56 Å². The van der Waals surface area contributed by atoms with Gasteiger partial charge in [0, 0.05) is 18.3 Å². The lowest BCUT2D eigenvalue weighted by Gasteiger charge is -2.08. The van der Waals surface area contributed by atoms with E-state index in [0.29, 0.717) is 28.0 Å². The number of rotatable bonds is 3. The summed E-state index contributed by atoms with van der Waals surface area (Å²) in [5, 5.41) is 15.4. The normalized spacial score (nSPS) is 9.61. The van der Waals surface area contributed by atoms with Gasteiger partial charge in [0.25, 0.3) is 0 Å². The van der Waals surface area contributed by atoms with E-state index >= 15 is 0 Å². The molecule has 0 atom stereocenters. The molecule has 1 aromatic heterocycles. The highest BCUT2D eigenvalue weighted by atomic mass is 35.5. The number of hydrogen-bond acceptors (Lipinski definition) is 5. The molecule has 1 heterocycles. The summed E-state index contributed by atoms with van der Waals surface area (Å²) >= 11 is 5.90. The van der Waals surface area contributed by atoms with Crippen LogP contribution in [0.25, 0.3) is 0 Å². The average molecular weight is 260 g/mol. The van der Waals surface area contributed by atoms with Crippen LogP contribution in [-0.4, -0.2) is 17.0 Å². The molecule has 0 unspecified atom stereocenters. The minimum atomic E-state index is 0.500. The summed E-state index contributed by atoms with van der Waals surface area (Å²) in [5.41, 5.74) is 1.12. The highest BCUT2D eigenvalue weighted by Crippen LogP contribution is 2.23. The van der Waals surface area contributed by atoms with E-state index in [4.69, 9.17) is 16.9 Å².